The molecule has 0 saturated heterocycles. The van der Waals surface area contributed by atoms with Crippen molar-refractivity contribution in [2.24, 2.45) is 5.41 Å². The van der Waals surface area contributed by atoms with E-state index < -0.39 is 5.60 Å². The van der Waals surface area contributed by atoms with Gasteiger partial charge in [0.05, 0.1) is 0 Å². The molecule has 1 saturated carbocycles. The maximum Gasteiger partial charge on any atom is 0.407 e. The molecule has 2 N–H and O–H groups in total. The van der Waals surface area contributed by atoms with E-state index in [-0.39, 0.29) is 18.1 Å². The second-order valence-electron chi connectivity index (χ2n) is 5.34. The molecule has 0 unspecified atom stereocenters. The Morgan fingerprint density at radius 1 is 1.47 bits per heavy atom. The van der Waals surface area contributed by atoms with E-state index in [1.54, 1.807) is 0 Å². The summed E-state index contributed by atoms with van der Waals surface area (Å²) in [5.74, 6) is 0. The minimum Gasteiger partial charge on any atom is -0.444 e. The van der Waals surface area contributed by atoms with Gasteiger partial charge in [0.2, 0.25) is 0 Å². The fourth-order valence-electron chi connectivity index (χ4n) is 1.41. The van der Waals surface area contributed by atoms with E-state index in [0.29, 0.717) is 6.54 Å². The molecule has 0 aromatic rings. The summed E-state index contributed by atoms with van der Waals surface area (Å²) in [7, 11) is 0. The number of hydrogen-bond donors (Lipinski definition) is 2. The third kappa shape index (κ3) is 4.51. The predicted molar refractivity (Wildman–Crippen MR) is 57.6 cm³/mol. The van der Waals surface area contributed by atoms with Gasteiger partial charge < -0.3 is 15.2 Å². The molecule has 4 nitrogen and oxygen atoms in total. The van der Waals surface area contributed by atoms with Gasteiger partial charge in [-0.3, -0.25) is 0 Å². The van der Waals surface area contributed by atoms with Gasteiger partial charge in [-0.05, 0) is 45.4 Å². The number of rotatable bonds is 4. The van der Waals surface area contributed by atoms with E-state index in [9.17, 15) is 4.79 Å². The van der Waals surface area contributed by atoms with Crippen LogP contribution in [0.15, 0.2) is 0 Å². The average molecular weight is 215 g/mol. The van der Waals surface area contributed by atoms with Gasteiger partial charge in [-0.15, -0.1) is 0 Å². The van der Waals surface area contributed by atoms with E-state index in [0.717, 1.165) is 19.3 Å². The average Bonchev–Trinajstić information content (AvgIpc) is 2.82. The third-order valence-electron chi connectivity index (χ3n) is 2.62. The Balaban J connectivity index is 2.12. The van der Waals surface area contributed by atoms with Crippen LogP contribution in [0.5, 0.6) is 0 Å². The van der Waals surface area contributed by atoms with Crippen LogP contribution < -0.4 is 5.32 Å². The first-order valence-electron chi connectivity index (χ1n) is 5.45. The predicted octanol–water partition coefficient (Wildman–Crippen LogP) is 1.67. The van der Waals surface area contributed by atoms with E-state index in [1.807, 2.05) is 20.8 Å². The molecule has 1 fully saturated rings. The topological polar surface area (TPSA) is 58.6 Å². The molecule has 1 aliphatic carbocycles. The van der Waals surface area contributed by atoms with Gasteiger partial charge in [-0.1, -0.05) is 0 Å². The summed E-state index contributed by atoms with van der Waals surface area (Å²) in [6.45, 7) is 6.31. The first-order valence-corrected chi connectivity index (χ1v) is 5.45. The van der Waals surface area contributed by atoms with Crippen molar-refractivity contribution in [3.05, 3.63) is 0 Å². The normalized spacial score (nSPS) is 18.4. The highest BCUT2D eigenvalue weighted by Gasteiger charge is 2.41. The zero-order chi connectivity index (χ0) is 11.5. The lowest BCUT2D eigenvalue weighted by molar-refractivity contribution is 0.0521. The SMILES string of the molecule is CC(C)(C)OC(=O)NCCC1(CO)CC1. The van der Waals surface area contributed by atoms with E-state index in [4.69, 9.17) is 9.84 Å². The van der Waals surface area contributed by atoms with Crippen LogP contribution >= 0.6 is 0 Å². The minimum atomic E-state index is -0.446. The maximum absolute atomic E-state index is 11.3. The number of hydrogen-bond acceptors (Lipinski definition) is 3. The quantitative estimate of drug-likeness (QED) is 0.750. The highest BCUT2D eigenvalue weighted by molar-refractivity contribution is 5.67. The number of carbonyl (C=O) groups is 1. The van der Waals surface area contributed by atoms with Gasteiger partial charge in [0.15, 0.2) is 0 Å². The summed E-state index contributed by atoms with van der Waals surface area (Å²) in [4.78, 5) is 11.3. The Bertz CT molecular complexity index is 228. The van der Waals surface area contributed by atoms with Crippen LogP contribution in [0, 0.1) is 5.41 Å². The van der Waals surface area contributed by atoms with Crippen molar-refractivity contribution in [1.82, 2.24) is 5.32 Å². The number of amides is 1. The van der Waals surface area contributed by atoms with Gasteiger partial charge in [0.1, 0.15) is 5.60 Å². The van der Waals surface area contributed by atoms with E-state index >= 15 is 0 Å². The zero-order valence-electron chi connectivity index (χ0n) is 9.80. The summed E-state index contributed by atoms with van der Waals surface area (Å²) in [5.41, 5.74) is -0.354. The lowest BCUT2D eigenvalue weighted by atomic mass is 10.0. The molecule has 0 aromatic heterocycles. The van der Waals surface area contributed by atoms with Gasteiger partial charge in [-0.2, -0.15) is 0 Å². The Labute approximate surface area is 91.0 Å². The van der Waals surface area contributed by atoms with Crippen LogP contribution in [0.1, 0.15) is 40.0 Å². The highest BCUT2D eigenvalue weighted by atomic mass is 16.6. The Kier molecular flexibility index (Phi) is 3.60. The summed E-state index contributed by atoms with van der Waals surface area (Å²) < 4.78 is 5.09. The van der Waals surface area contributed by atoms with Crippen molar-refractivity contribution < 1.29 is 14.6 Å². The summed E-state index contributed by atoms with van der Waals surface area (Å²) in [6.07, 6.45) is 2.60. The fraction of sp³-hybridized carbons (Fsp3) is 0.909. The molecule has 0 bridgehead atoms. The molecular weight excluding hydrogens is 194 g/mol. The number of carbonyl (C=O) groups excluding carboxylic acids is 1. The second-order valence-corrected chi connectivity index (χ2v) is 5.34. The molecule has 1 aliphatic rings. The number of nitrogens with one attached hydrogen (secondary N) is 1. The maximum atomic E-state index is 11.3. The molecule has 0 radical (unpaired) electrons. The highest BCUT2D eigenvalue weighted by Crippen LogP contribution is 2.47. The first-order chi connectivity index (χ1) is 6.87. The van der Waals surface area contributed by atoms with Crippen molar-refractivity contribution in [1.29, 1.82) is 0 Å². The smallest absolute Gasteiger partial charge is 0.407 e. The molecule has 1 amide bonds. The third-order valence-corrected chi connectivity index (χ3v) is 2.62. The molecule has 0 atom stereocenters. The monoisotopic (exact) mass is 215 g/mol. The van der Waals surface area contributed by atoms with Gasteiger partial charge in [0.25, 0.3) is 0 Å². The van der Waals surface area contributed by atoms with Crippen LogP contribution in [0.2, 0.25) is 0 Å². The molecule has 0 heterocycles. The molecule has 0 aliphatic heterocycles. The minimum absolute atomic E-state index is 0.0923. The molecule has 88 valence electrons. The zero-order valence-corrected chi connectivity index (χ0v) is 9.80. The number of aliphatic hydroxyl groups is 1. The van der Waals surface area contributed by atoms with Crippen LogP contribution in [-0.4, -0.2) is 30.0 Å². The molecule has 15 heavy (non-hydrogen) atoms. The number of alkyl carbamates (subject to hydrolysis) is 1. The summed E-state index contributed by atoms with van der Waals surface area (Å²) in [5, 5.41) is 11.8. The molecule has 0 spiro atoms. The molecule has 1 rings (SSSR count). The summed E-state index contributed by atoms with van der Waals surface area (Å²) in [6, 6.07) is 0. The van der Waals surface area contributed by atoms with Gasteiger partial charge in [-0.25, -0.2) is 4.79 Å². The Morgan fingerprint density at radius 3 is 2.47 bits per heavy atom. The fourth-order valence-corrected chi connectivity index (χ4v) is 1.41. The van der Waals surface area contributed by atoms with E-state index in [1.165, 1.54) is 0 Å². The molecule has 0 aromatic carbocycles. The number of aliphatic hydroxyl groups excluding tert-OH is 1. The lowest BCUT2D eigenvalue weighted by Gasteiger charge is -2.20. The standard InChI is InChI=1S/C11H21NO3/c1-10(2,3)15-9(14)12-7-6-11(8-13)4-5-11/h13H,4-8H2,1-3H3,(H,12,14). The Morgan fingerprint density at radius 2 is 2.07 bits per heavy atom. The van der Waals surface area contributed by atoms with Crippen LogP contribution in [0.4, 0.5) is 4.79 Å². The van der Waals surface area contributed by atoms with Crippen molar-refractivity contribution in [2.45, 2.75) is 45.6 Å². The van der Waals surface area contributed by atoms with Gasteiger partial charge >= 0.3 is 6.09 Å². The van der Waals surface area contributed by atoms with Crippen LogP contribution in [0.3, 0.4) is 0 Å². The van der Waals surface area contributed by atoms with Crippen LogP contribution in [0.25, 0.3) is 0 Å². The molecular formula is C11H21NO3. The lowest BCUT2D eigenvalue weighted by Crippen LogP contribution is -2.33. The van der Waals surface area contributed by atoms with Gasteiger partial charge in [0, 0.05) is 13.2 Å². The largest absolute Gasteiger partial charge is 0.444 e. The van der Waals surface area contributed by atoms with Crippen molar-refractivity contribution in [2.75, 3.05) is 13.2 Å². The molecule has 4 heteroatoms. The second kappa shape index (κ2) is 4.39. The van der Waals surface area contributed by atoms with E-state index in [2.05, 4.69) is 5.32 Å². The Hall–Kier alpha value is -0.770. The first kappa shape index (κ1) is 12.3. The van der Waals surface area contributed by atoms with Crippen molar-refractivity contribution in [3.63, 3.8) is 0 Å². The summed E-state index contributed by atoms with van der Waals surface area (Å²) >= 11 is 0. The number of ether oxygens (including phenoxy) is 1. The van der Waals surface area contributed by atoms with Crippen molar-refractivity contribution in [3.8, 4) is 0 Å². The van der Waals surface area contributed by atoms with Crippen molar-refractivity contribution >= 4 is 6.09 Å². The van der Waals surface area contributed by atoms with Crippen LogP contribution in [-0.2, 0) is 4.74 Å².